The van der Waals surface area contributed by atoms with Gasteiger partial charge in [-0.15, -0.1) is 11.3 Å². The fourth-order valence-electron chi connectivity index (χ4n) is 2.64. The number of hydrogen-bond donors (Lipinski definition) is 1. The van der Waals surface area contributed by atoms with Crippen LogP contribution in [-0.2, 0) is 17.6 Å². The number of amides is 1. The first-order chi connectivity index (χ1) is 10.0. The Morgan fingerprint density at radius 1 is 1.43 bits per heavy atom. The van der Waals surface area contributed by atoms with Gasteiger partial charge in [-0.2, -0.15) is 0 Å². The van der Waals surface area contributed by atoms with E-state index >= 15 is 0 Å². The summed E-state index contributed by atoms with van der Waals surface area (Å²) in [5, 5.41) is 4.13. The van der Waals surface area contributed by atoms with Gasteiger partial charge in [0.05, 0.1) is 10.7 Å². The lowest BCUT2D eigenvalue weighted by Crippen LogP contribution is -2.27. The number of nitrogens with one attached hydrogen (secondary N) is 1. The molecule has 0 saturated heterocycles. The highest BCUT2D eigenvalue weighted by Crippen LogP contribution is 2.30. The van der Waals surface area contributed by atoms with Crippen molar-refractivity contribution in [3.63, 3.8) is 0 Å². The number of carbonyl (C=O) groups excluding carboxylic acids is 1. The summed E-state index contributed by atoms with van der Waals surface area (Å²) in [6.45, 7) is 4.06. The minimum Gasteiger partial charge on any atom is -0.326 e. The van der Waals surface area contributed by atoms with Gasteiger partial charge >= 0.3 is 0 Å². The quantitative estimate of drug-likeness (QED) is 0.864. The molecule has 0 aliphatic heterocycles. The van der Waals surface area contributed by atoms with Crippen LogP contribution >= 0.6 is 27.3 Å². The molecule has 1 aromatic heterocycles. The average Bonchev–Trinajstić information content (AvgIpc) is 2.82. The monoisotopic (exact) mass is 364 g/mol. The number of thiazole rings is 1. The van der Waals surface area contributed by atoms with Gasteiger partial charge in [-0.05, 0) is 50.8 Å². The number of fused-ring (bicyclic) bond motifs is 1. The molecular weight excluding hydrogens is 348 g/mol. The van der Waals surface area contributed by atoms with Gasteiger partial charge in [0.15, 0.2) is 0 Å². The van der Waals surface area contributed by atoms with Gasteiger partial charge in [0, 0.05) is 21.0 Å². The zero-order valence-electron chi connectivity index (χ0n) is 12.1. The zero-order valence-corrected chi connectivity index (χ0v) is 14.5. The Balaban J connectivity index is 1.70. The Hall–Kier alpha value is -1.20. The third kappa shape index (κ3) is 3.19. The Morgan fingerprint density at radius 3 is 3.00 bits per heavy atom. The Kier molecular flexibility index (Phi) is 4.13. The van der Waals surface area contributed by atoms with E-state index in [1.807, 2.05) is 32.0 Å². The minimum atomic E-state index is 0.0532. The fraction of sp³-hybridized carbons (Fsp3) is 0.375. The molecule has 5 heteroatoms. The van der Waals surface area contributed by atoms with E-state index in [1.54, 1.807) is 11.3 Å². The lowest BCUT2D eigenvalue weighted by Gasteiger charge is -2.20. The highest BCUT2D eigenvalue weighted by Gasteiger charge is 2.27. The first-order valence-electron chi connectivity index (χ1n) is 7.05. The Bertz CT molecular complexity index is 696. The van der Waals surface area contributed by atoms with E-state index in [2.05, 4.69) is 26.2 Å². The molecule has 1 aliphatic rings. The average molecular weight is 365 g/mol. The largest absolute Gasteiger partial charge is 0.326 e. The van der Waals surface area contributed by atoms with Crippen LogP contribution in [0.25, 0.3) is 0 Å². The zero-order chi connectivity index (χ0) is 15.0. The van der Waals surface area contributed by atoms with Crippen LogP contribution in [-0.4, -0.2) is 10.9 Å². The molecule has 1 atom stereocenters. The minimum absolute atomic E-state index is 0.0532. The second-order valence-electron chi connectivity index (χ2n) is 5.50. The first kappa shape index (κ1) is 14.7. The highest BCUT2D eigenvalue weighted by atomic mass is 79.9. The van der Waals surface area contributed by atoms with E-state index in [1.165, 1.54) is 10.6 Å². The van der Waals surface area contributed by atoms with Crippen molar-refractivity contribution in [2.24, 2.45) is 5.92 Å². The molecule has 1 heterocycles. The van der Waals surface area contributed by atoms with Crippen LogP contribution in [0.5, 0.6) is 0 Å². The summed E-state index contributed by atoms with van der Waals surface area (Å²) >= 11 is 5.22. The third-order valence-electron chi connectivity index (χ3n) is 3.86. The summed E-state index contributed by atoms with van der Waals surface area (Å²) in [7, 11) is 0. The molecule has 1 unspecified atom stereocenters. The molecule has 1 amide bonds. The van der Waals surface area contributed by atoms with Crippen molar-refractivity contribution in [3.8, 4) is 0 Å². The maximum absolute atomic E-state index is 12.4. The molecule has 1 aromatic carbocycles. The summed E-state index contributed by atoms with van der Waals surface area (Å²) < 4.78 is 1.02. The van der Waals surface area contributed by atoms with Crippen molar-refractivity contribution < 1.29 is 4.79 Å². The van der Waals surface area contributed by atoms with Gasteiger partial charge in [0.25, 0.3) is 0 Å². The second-order valence-corrected chi connectivity index (χ2v) is 7.64. The molecule has 1 aliphatic carbocycles. The lowest BCUT2D eigenvalue weighted by atomic mass is 9.90. The Labute approximate surface area is 136 Å². The van der Waals surface area contributed by atoms with E-state index in [4.69, 9.17) is 0 Å². The number of nitrogens with zero attached hydrogens (tertiary/aromatic N) is 1. The molecule has 0 spiro atoms. The number of benzene rings is 1. The molecule has 0 saturated carbocycles. The third-order valence-corrected chi connectivity index (χ3v) is 5.75. The maximum Gasteiger partial charge on any atom is 0.227 e. The standard InChI is InChI=1S/C16H17BrN2OS/c1-9-3-5-12(8-13(9)17)19-16(20)11-4-6-14-15(7-11)21-10(2)18-14/h3,5,8,11H,4,6-7H2,1-2H3,(H,19,20). The van der Waals surface area contributed by atoms with Crippen LogP contribution in [0.3, 0.4) is 0 Å². The lowest BCUT2D eigenvalue weighted by molar-refractivity contribution is -0.120. The van der Waals surface area contributed by atoms with Crippen LogP contribution in [0.1, 0.15) is 27.6 Å². The summed E-state index contributed by atoms with van der Waals surface area (Å²) in [5.41, 5.74) is 3.21. The molecule has 1 N–H and O–H groups in total. The number of halogens is 1. The second kappa shape index (κ2) is 5.89. The van der Waals surface area contributed by atoms with Crippen LogP contribution in [0.2, 0.25) is 0 Å². The van der Waals surface area contributed by atoms with Crippen molar-refractivity contribution in [1.29, 1.82) is 0 Å². The predicted octanol–water partition coefficient (Wildman–Crippen LogP) is 4.27. The topological polar surface area (TPSA) is 42.0 Å². The van der Waals surface area contributed by atoms with E-state index < -0.39 is 0 Å². The van der Waals surface area contributed by atoms with Gasteiger partial charge in [-0.3, -0.25) is 4.79 Å². The summed E-state index contributed by atoms with van der Waals surface area (Å²) in [4.78, 5) is 18.3. The molecule has 0 radical (unpaired) electrons. The Morgan fingerprint density at radius 2 is 2.24 bits per heavy atom. The van der Waals surface area contributed by atoms with E-state index in [-0.39, 0.29) is 11.8 Å². The molecular formula is C16H17BrN2OS. The number of anilines is 1. The summed E-state index contributed by atoms with van der Waals surface area (Å²) in [5.74, 6) is 0.167. The van der Waals surface area contributed by atoms with Crippen molar-refractivity contribution in [2.45, 2.75) is 33.1 Å². The molecule has 0 fully saturated rings. The summed E-state index contributed by atoms with van der Waals surface area (Å²) in [6.07, 6.45) is 2.62. The molecule has 3 nitrogen and oxygen atoms in total. The van der Waals surface area contributed by atoms with Crippen molar-refractivity contribution in [1.82, 2.24) is 4.98 Å². The summed E-state index contributed by atoms with van der Waals surface area (Å²) in [6, 6.07) is 5.91. The maximum atomic E-state index is 12.4. The van der Waals surface area contributed by atoms with Crippen LogP contribution in [0, 0.1) is 19.8 Å². The van der Waals surface area contributed by atoms with Gasteiger partial charge < -0.3 is 5.32 Å². The van der Waals surface area contributed by atoms with Crippen molar-refractivity contribution in [3.05, 3.63) is 43.8 Å². The van der Waals surface area contributed by atoms with Gasteiger partial charge in [0.1, 0.15) is 0 Å². The first-order valence-corrected chi connectivity index (χ1v) is 8.66. The fourth-order valence-corrected chi connectivity index (χ4v) is 4.08. The molecule has 0 bridgehead atoms. The SMILES string of the molecule is Cc1nc2c(s1)CC(C(=O)Nc1ccc(C)c(Br)c1)CC2. The van der Waals surface area contributed by atoms with E-state index in [9.17, 15) is 4.79 Å². The van der Waals surface area contributed by atoms with Crippen LogP contribution < -0.4 is 5.32 Å². The van der Waals surface area contributed by atoms with Crippen molar-refractivity contribution >= 4 is 38.9 Å². The molecule has 2 aromatic rings. The molecule has 21 heavy (non-hydrogen) atoms. The van der Waals surface area contributed by atoms with Gasteiger partial charge in [-0.25, -0.2) is 4.98 Å². The normalized spacial score (nSPS) is 17.4. The number of carbonyl (C=O) groups is 1. The van der Waals surface area contributed by atoms with Gasteiger partial charge in [-0.1, -0.05) is 22.0 Å². The number of hydrogen-bond acceptors (Lipinski definition) is 3. The van der Waals surface area contributed by atoms with E-state index in [0.29, 0.717) is 0 Å². The van der Waals surface area contributed by atoms with E-state index in [0.717, 1.165) is 40.0 Å². The molecule has 3 rings (SSSR count). The molecule has 110 valence electrons. The highest BCUT2D eigenvalue weighted by molar-refractivity contribution is 9.10. The van der Waals surface area contributed by atoms with Crippen LogP contribution in [0.15, 0.2) is 22.7 Å². The van der Waals surface area contributed by atoms with Crippen LogP contribution in [0.4, 0.5) is 5.69 Å². The number of rotatable bonds is 2. The van der Waals surface area contributed by atoms with Gasteiger partial charge in [0.2, 0.25) is 5.91 Å². The number of aromatic nitrogens is 1. The number of aryl methyl sites for hydroxylation is 3. The predicted molar refractivity (Wildman–Crippen MR) is 89.9 cm³/mol. The van der Waals surface area contributed by atoms with Crippen molar-refractivity contribution in [2.75, 3.05) is 5.32 Å². The smallest absolute Gasteiger partial charge is 0.227 e.